The molecular formula is C6H12F2O6S2. The second-order valence-corrected chi connectivity index (χ2v) is 6.32. The summed E-state index contributed by atoms with van der Waals surface area (Å²) >= 11 is 0. The van der Waals surface area contributed by atoms with Gasteiger partial charge >= 0.3 is 0 Å². The molecule has 10 heteroatoms. The average Bonchev–Trinajstić information content (AvgIpc) is 2.07. The van der Waals surface area contributed by atoms with E-state index in [2.05, 4.69) is 0 Å². The molecular weight excluding hydrogens is 270 g/mol. The summed E-state index contributed by atoms with van der Waals surface area (Å²) < 4.78 is 83.4. The summed E-state index contributed by atoms with van der Waals surface area (Å²) in [6.45, 7) is -2.63. The van der Waals surface area contributed by atoms with Crippen LogP contribution in [0.5, 0.6) is 0 Å². The van der Waals surface area contributed by atoms with Crippen LogP contribution in [0.2, 0.25) is 0 Å². The third-order valence-corrected chi connectivity index (χ3v) is 3.61. The number of halogens is 2. The Labute approximate surface area is 92.2 Å². The van der Waals surface area contributed by atoms with Gasteiger partial charge in [0.2, 0.25) is 0 Å². The first kappa shape index (κ1) is 15.7. The Hall–Kier alpha value is -0.320. The number of hydrogen-bond donors (Lipinski definition) is 2. The average molecular weight is 282 g/mol. The lowest BCUT2D eigenvalue weighted by Crippen LogP contribution is -2.31. The molecule has 16 heavy (non-hydrogen) atoms. The third kappa shape index (κ3) is 7.04. The highest BCUT2D eigenvalue weighted by Gasteiger charge is 2.29. The number of hydrogen-bond acceptors (Lipinski definition) is 4. The van der Waals surface area contributed by atoms with Gasteiger partial charge in [-0.2, -0.15) is 16.8 Å². The number of rotatable bonds is 7. The minimum absolute atomic E-state index is 1.09. The van der Waals surface area contributed by atoms with Crippen LogP contribution in [0.15, 0.2) is 0 Å². The maximum absolute atomic E-state index is 12.4. The first-order valence-corrected chi connectivity index (χ1v) is 7.33. The quantitative estimate of drug-likeness (QED) is 0.633. The lowest BCUT2D eigenvalue weighted by atomic mass is 9.99. The van der Waals surface area contributed by atoms with Crippen LogP contribution in [-0.2, 0) is 20.2 Å². The molecule has 0 aromatic rings. The van der Waals surface area contributed by atoms with Gasteiger partial charge in [0.1, 0.15) is 0 Å². The van der Waals surface area contributed by atoms with Crippen LogP contribution < -0.4 is 0 Å². The summed E-state index contributed by atoms with van der Waals surface area (Å²) in [5, 5.41) is 0. The molecule has 0 saturated heterocycles. The van der Waals surface area contributed by atoms with Gasteiger partial charge in [-0.25, -0.2) is 0 Å². The Morgan fingerprint density at radius 1 is 0.812 bits per heavy atom. The van der Waals surface area contributed by atoms with Crippen LogP contribution in [0.4, 0.5) is 8.78 Å². The van der Waals surface area contributed by atoms with Gasteiger partial charge in [-0.05, 0) is 0 Å². The summed E-state index contributed by atoms with van der Waals surface area (Å²) in [7, 11) is -9.06. The summed E-state index contributed by atoms with van der Waals surface area (Å²) in [5.74, 6) is -5.20. The molecule has 0 fully saturated rings. The first-order valence-electron chi connectivity index (χ1n) is 4.11. The van der Waals surface area contributed by atoms with Crippen molar-refractivity contribution in [2.75, 3.05) is 24.9 Å². The lowest BCUT2D eigenvalue weighted by Gasteiger charge is -2.19. The van der Waals surface area contributed by atoms with Crippen molar-refractivity contribution >= 4 is 20.2 Å². The predicted octanol–water partition coefficient (Wildman–Crippen LogP) is -0.0666. The zero-order valence-corrected chi connectivity index (χ0v) is 9.72. The van der Waals surface area contributed by atoms with Gasteiger partial charge in [-0.3, -0.25) is 17.9 Å². The largest absolute Gasteiger partial charge is 0.286 e. The summed E-state index contributed by atoms with van der Waals surface area (Å²) in [6, 6.07) is 0. The molecule has 0 amide bonds. The fourth-order valence-corrected chi connectivity index (χ4v) is 2.96. The van der Waals surface area contributed by atoms with Crippen LogP contribution in [0.25, 0.3) is 0 Å². The van der Waals surface area contributed by atoms with Crippen molar-refractivity contribution in [3.05, 3.63) is 0 Å². The molecule has 2 N–H and O–H groups in total. The highest BCUT2D eigenvalue weighted by Crippen LogP contribution is 2.17. The van der Waals surface area contributed by atoms with Crippen LogP contribution in [0.3, 0.4) is 0 Å². The van der Waals surface area contributed by atoms with Gasteiger partial charge in [0, 0.05) is 11.8 Å². The summed E-state index contributed by atoms with van der Waals surface area (Å²) in [4.78, 5) is 0. The van der Waals surface area contributed by atoms with Crippen molar-refractivity contribution in [1.82, 2.24) is 0 Å². The van der Waals surface area contributed by atoms with Gasteiger partial charge in [0.05, 0.1) is 24.9 Å². The standard InChI is InChI=1S/C6H12F2O6S2/c7-1-5(3-15(9,10)11)6(2-8)4-16(12,13)14/h5-6H,1-4H2,(H,9,10,11)(H,12,13,14). The molecule has 0 spiro atoms. The smallest absolute Gasteiger partial charge is 0.265 e. The van der Waals surface area contributed by atoms with E-state index in [-0.39, 0.29) is 0 Å². The molecule has 0 bridgehead atoms. The second kappa shape index (κ2) is 5.84. The first-order chi connectivity index (χ1) is 7.09. The van der Waals surface area contributed by atoms with E-state index in [4.69, 9.17) is 9.11 Å². The molecule has 0 rings (SSSR count). The van der Waals surface area contributed by atoms with Gasteiger partial charge in [0.15, 0.2) is 0 Å². The fourth-order valence-electron chi connectivity index (χ4n) is 1.15. The van der Waals surface area contributed by atoms with E-state index in [1.165, 1.54) is 0 Å². The summed E-state index contributed by atoms with van der Waals surface area (Å²) in [6.07, 6.45) is 0. The van der Waals surface area contributed by atoms with Crippen molar-refractivity contribution in [2.24, 2.45) is 11.8 Å². The zero-order chi connectivity index (χ0) is 13.0. The van der Waals surface area contributed by atoms with Crippen molar-refractivity contribution in [3.8, 4) is 0 Å². The Kier molecular flexibility index (Phi) is 5.73. The Balaban J connectivity index is 4.77. The molecule has 0 aromatic carbocycles. The topological polar surface area (TPSA) is 109 Å². The molecule has 2 unspecified atom stereocenters. The van der Waals surface area contributed by atoms with E-state index in [1.54, 1.807) is 0 Å². The Morgan fingerprint density at radius 2 is 1.06 bits per heavy atom. The molecule has 0 aliphatic heterocycles. The minimum Gasteiger partial charge on any atom is -0.286 e. The zero-order valence-electron chi connectivity index (χ0n) is 8.08. The van der Waals surface area contributed by atoms with E-state index in [1.807, 2.05) is 0 Å². The Morgan fingerprint density at radius 3 is 1.19 bits per heavy atom. The SMILES string of the molecule is O=S(=O)(O)CC(CF)C(CF)CS(=O)(=O)O. The molecule has 0 radical (unpaired) electrons. The molecule has 2 atom stereocenters. The van der Waals surface area contributed by atoms with Crippen molar-refractivity contribution in [3.63, 3.8) is 0 Å². The maximum atomic E-state index is 12.4. The van der Waals surface area contributed by atoms with E-state index >= 15 is 0 Å². The second-order valence-electron chi connectivity index (χ2n) is 3.33. The fraction of sp³-hybridized carbons (Fsp3) is 1.00. The minimum atomic E-state index is -4.53. The van der Waals surface area contributed by atoms with Crippen LogP contribution in [0.1, 0.15) is 0 Å². The molecule has 0 heterocycles. The van der Waals surface area contributed by atoms with Crippen LogP contribution in [0, 0.1) is 11.8 Å². The van der Waals surface area contributed by atoms with Crippen LogP contribution >= 0.6 is 0 Å². The summed E-state index contributed by atoms with van der Waals surface area (Å²) in [5.41, 5.74) is 0. The number of alkyl halides is 2. The third-order valence-electron chi connectivity index (χ3n) is 1.91. The van der Waals surface area contributed by atoms with E-state index in [0.717, 1.165) is 0 Å². The van der Waals surface area contributed by atoms with Crippen molar-refractivity contribution in [1.29, 1.82) is 0 Å². The lowest BCUT2D eigenvalue weighted by molar-refractivity contribution is 0.245. The highest BCUT2D eigenvalue weighted by molar-refractivity contribution is 7.86. The van der Waals surface area contributed by atoms with E-state index in [0.29, 0.717) is 0 Å². The monoisotopic (exact) mass is 282 g/mol. The molecule has 0 aliphatic rings. The normalized spacial score (nSPS) is 17.0. The Bertz CT molecular complexity index is 363. The highest BCUT2D eigenvalue weighted by atomic mass is 32.2. The predicted molar refractivity (Wildman–Crippen MR) is 51.8 cm³/mol. The molecule has 0 aliphatic carbocycles. The van der Waals surface area contributed by atoms with Gasteiger partial charge in [-0.1, -0.05) is 0 Å². The molecule has 0 saturated carbocycles. The van der Waals surface area contributed by atoms with E-state index in [9.17, 15) is 25.6 Å². The molecule has 98 valence electrons. The van der Waals surface area contributed by atoms with Crippen molar-refractivity contribution in [2.45, 2.75) is 0 Å². The van der Waals surface area contributed by atoms with Gasteiger partial charge in [-0.15, -0.1) is 0 Å². The van der Waals surface area contributed by atoms with Gasteiger partial charge in [0.25, 0.3) is 20.2 Å². The van der Waals surface area contributed by atoms with E-state index < -0.39 is 56.9 Å². The van der Waals surface area contributed by atoms with Crippen LogP contribution in [-0.4, -0.2) is 50.8 Å². The molecule has 6 nitrogen and oxygen atoms in total. The maximum Gasteiger partial charge on any atom is 0.265 e. The van der Waals surface area contributed by atoms with Crippen molar-refractivity contribution < 1.29 is 34.7 Å². The molecule has 0 aromatic heterocycles. The van der Waals surface area contributed by atoms with Gasteiger partial charge < -0.3 is 0 Å².